The zero-order valence-corrected chi connectivity index (χ0v) is 26.5. The summed E-state index contributed by atoms with van der Waals surface area (Å²) in [7, 11) is -8.73. The first-order valence-corrected chi connectivity index (χ1v) is 12.5. The van der Waals surface area contributed by atoms with Gasteiger partial charge in [0.2, 0.25) is 0 Å². The third-order valence-electron chi connectivity index (χ3n) is 4.57. The molecule has 1 amide bonds. The van der Waals surface area contributed by atoms with Gasteiger partial charge in [-0.15, -0.1) is 0 Å². The van der Waals surface area contributed by atoms with Crippen LogP contribution in [0.3, 0.4) is 0 Å². The molecule has 1 atom stereocenters. The fourth-order valence-electron chi connectivity index (χ4n) is 2.86. The number of nitro benzene ring substituents is 1. The summed E-state index contributed by atoms with van der Waals surface area (Å²) >= 11 is 0. The Hall–Kier alpha value is -1.16. The molecule has 37 heavy (non-hydrogen) atoms. The van der Waals surface area contributed by atoms with Crippen LogP contribution in [0.1, 0.15) is 6.92 Å². The number of nitro groups is 1. The molecule has 0 aliphatic carbocycles. The Morgan fingerprint density at radius 3 is 2.35 bits per heavy atom. The Bertz CT molecular complexity index is 1450. The number of aromatic hydroxyl groups is 1. The molecule has 0 aromatic heterocycles. The van der Waals surface area contributed by atoms with Gasteiger partial charge < -0.3 is 5.11 Å². The van der Waals surface area contributed by atoms with Crippen LogP contribution < -0.4 is 86.0 Å². The van der Waals surface area contributed by atoms with Crippen LogP contribution in [0.4, 0.5) is 17.1 Å². The number of benzene rings is 2. The van der Waals surface area contributed by atoms with Crippen LogP contribution in [0.25, 0.3) is 0 Å². The molecule has 0 saturated heterocycles. The number of azo groups is 1. The second-order valence-corrected chi connectivity index (χ2v) is 10.2. The van der Waals surface area contributed by atoms with E-state index in [1.165, 1.54) is 31.2 Å². The maximum Gasteiger partial charge on any atom is 1.00 e. The zero-order valence-electron chi connectivity index (χ0n) is 19.7. The molecule has 19 heteroatoms. The van der Waals surface area contributed by atoms with Crippen molar-refractivity contribution in [1.82, 2.24) is 0 Å². The van der Waals surface area contributed by atoms with Crippen molar-refractivity contribution < 1.29 is 121 Å². The van der Waals surface area contributed by atoms with Gasteiger partial charge in [0.15, 0.2) is 15.9 Å². The summed E-state index contributed by atoms with van der Waals surface area (Å²) in [5, 5.41) is 33.4. The van der Waals surface area contributed by atoms with Gasteiger partial charge in [-0.05, 0) is 37.3 Å². The summed E-state index contributed by atoms with van der Waals surface area (Å²) in [5.41, 5.74) is -0.131. The minimum atomic E-state index is -4.78. The Labute approximate surface area is 275 Å². The molecule has 186 valence electrons. The standard InChI is InChI=1S/C18H17N5O10S2.K.Na/c1-11-17(20-19-15-10-13(23(26)27)4-7-16(15)24)18(25)22(21-11)12-2-5-14(6-3-12)34(28,29)9-8-33-35(30,31)32;;/h2-7,10,17,24H,8-9H2,1H3,(H,30,31,32);;/q;2*+1. The second kappa shape index (κ2) is 13.8. The number of hydrogen-bond donors (Lipinski definition) is 2. The summed E-state index contributed by atoms with van der Waals surface area (Å²) in [4.78, 5) is 22.8. The molecule has 1 aliphatic rings. The van der Waals surface area contributed by atoms with E-state index in [9.17, 15) is 36.9 Å². The molecule has 15 nitrogen and oxygen atoms in total. The largest absolute Gasteiger partial charge is 1.00 e. The maximum atomic E-state index is 12.8. The quantitative estimate of drug-likeness (QED) is 0.0944. The molecular weight excluding hydrogens is 572 g/mol. The van der Waals surface area contributed by atoms with E-state index in [1.54, 1.807) is 0 Å². The number of non-ortho nitro benzene ring substituents is 1. The molecule has 3 rings (SSSR count). The van der Waals surface area contributed by atoms with Crippen LogP contribution in [0, 0.1) is 10.1 Å². The average molecular weight is 590 g/mol. The summed E-state index contributed by atoms with van der Waals surface area (Å²) in [6.07, 6.45) is 0. The SMILES string of the molecule is CC1=NN(c2ccc(S(=O)(=O)CCOS(=O)(=O)O)cc2)C(=O)C1N=Nc1cc([N+](=O)[O-])ccc1O.[K+].[Na+]. The predicted octanol–water partition coefficient (Wildman–Crippen LogP) is -4.22. The molecular formula is C18H17KN5NaO10S2+2. The third kappa shape index (κ3) is 8.94. The first-order chi connectivity index (χ1) is 16.3. The number of sulfone groups is 1. The number of phenols is 1. The number of carbonyl (C=O) groups is 1. The van der Waals surface area contributed by atoms with Gasteiger partial charge in [-0.25, -0.2) is 12.6 Å². The van der Waals surface area contributed by atoms with E-state index >= 15 is 0 Å². The third-order valence-corrected chi connectivity index (χ3v) is 6.73. The van der Waals surface area contributed by atoms with Gasteiger partial charge in [-0.3, -0.25) is 19.5 Å². The van der Waals surface area contributed by atoms with Crippen LogP contribution >= 0.6 is 0 Å². The number of hydrogen-bond acceptors (Lipinski definition) is 12. The Morgan fingerprint density at radius 1 is 1.16 bits per heavy atom. The maximum absolute atomic E-state index is 12.8. The number of anilines is 1. The van der Waals surface area contributed by atoms with E-state index in [0.29, 0.717) is 0 Å². The van der Waals surface area contributed by atoms with Gasteiger partial charge in [0, 0.05) is 12.1 Å². The molecule has 0 fully saturated rings. The summed E-state index contributed by atoms with van der Waals surface area (Å²) < 4.78 is 58.2. The van der Waals surface area contributed by atoms with Crippen molar-refractivity contribution in [3.8, 4) is 5.75 Å². The number of amides is 1. The van der Waals surface area contributed by atoms with Crippen LogP contribution in [0.15, 0.2) is 62.7 Å². The van der Waals surface area contributed by atoms with Crippen LogP contribution in [-0.4, -0.2) is 61.4 Å². The van der Waals surface area contributed by atoms with Crippen LogP contribution in [-0.2, 0) is 29.2 Å². The van der Waals surface area contributed by atoms with Gasteiger partial charge >= 0.3 is 91.3 Å². The van der Waals surface area contributed by atoms with Gasteiger partial charge in [-0.2, -0.15) is 28.8 Å². The van der Waals surface area contributed by atoms with Gasteiger partial charge in [0.1, 0.15) is 11.4 Å². The van der Waals surface area contributed by atoms with Crippen molar-refractivity contribution in [2.24, 2.45) is 15.3 Å². The molecule has 0 bridgehead atoms. The van der Waals surface area contributed by atoms with Crippen molar-refractivity contribution in [3.63, 3.8) is 0 Å². The number of phenolic OH excluding ortho intramolecular Hbond substituents is 1. The fraction of sp³-hybridized carbons (Fsp3) is 0.222. The monoisotopic (exact) mass is 589 g/mol. The molecule has 1 aliphatic heterocycles. The fourth-order valence-corrected chi connectivity index (χ4v) is 4.35. The molecule has 2 aromatic carbocycles. The Balaban J connectivity index is 0.00000342. The smallest absolute Gasteiger partial charge is 0.506 e. The van der Waals surface area contributed by atoms with Gasteiger partial charge in [0.25, 0.3) is 11.6 Å². The number of carbonyl (C=O) groups excluding carboxylic acids is 1. The summed E-state index contributed by atoms with van der Waals surface area (Å²) in [6, 6.07) is 6.87. The van der Waals surface area contributed by atoms with Crippen molar-refractivity contribution in [2.75, 3.05) is 17.4 Å². The van der Waals surface area contributed by atoms with Crippen molar-refractivity contribution in [3.05, 3.63) is 52.6 Å². The van der Waals surface area contributed by atoms with Crippen LogP contribution in [0.2, 0.25) is 0 Å². The summed E-state index contributed by atoms with van der Waals surface area (Å²) in [5.74, 6) is -1.75. The van der Waals surface area contributed by atoms with E-state index in [2.05, 4.69) is 19.5 Å². The average Bonchev–Trinajstić information content (AvgIpc) is 3.05. The minimum absolute atomic E-state index is 0. The van der Waals surface area contributed by atoms with E-state index in [1.807, 2.05) is 0 Å². The van der Waals surface area contributed by atoms with E-state index < -0.39 is 49.5 Å². The van der Waals surface area contributed by atoms with E-state index in [-0.39, 0.29) is 114 Å². The van der Waals surface area contributed by atoms with Crippen molar-refractivity contribution >= 4 is 48.9 Å². The van der Waals surface area contributed by atoms with E-state index in [0.717, 1.165) is 23.2 Å². The zero-order chi connectivity index (χ0) is 26.0. The van der Waals surface area contributed by atoms with Crippen LogP contribution in [0.5, 0.6) is 5.75 Å². The van der Waals surface area contributed by atoms with Gasteiger partial charge in [0.05, 0.1) is 33.6 Å². The summed E-state index contributed by atoms with van der Waals surface area (Å²) in [6.45, 7) is 0.701. The molecule has 1 unspecified atom stereocenters. The molecule has 2 N–H and O–H groups in total. The normalized spacial score (nSPS) is 15.7. The molecule has 0 spiro atoms. The van der Waals surface area contributed by atoms with Crippen molar-refractivity contribution in [2.45, 2.75) is 17.9 Å². The predicted molar refractivity (Wildman–Crippen MR) is 120 cm³/mol. The number of rotatable bonds is 9. The number of hydrazone groups is 1. The molecule has 0 saturated carbocycles. The Kier molecular flexibility index (Phi) is 12.6. The molecule has 0 radical (unpaired) electrons. The first kappa shape index (κ1) is 33.9. The number of nitrogens with zero attached hydrogens (tertiary/aromatic N) is 5. The van der Waals surface area contributed by atoms with Crippen molar-refractivity contribution in [1.29, 1.82) is 0 Å². The van der Waals surface area contributed by atoms with Gasteiger partial charge in [-0.1, -0.05) is 0 Å². The van der Waals surface area contributed by atoms with E-state index in [4.69, 9.17) is 4.55 Å². The topological polar surface area (TPSA) is 218 Å². The second-order valence-electron chi connectivity index (χ2n) is 7.00. The Morgan fingerprint density at radius 2 is 1.78 bits per heavy atom. The molecule has 2 aromatic rings. The first-order valence-electron chi connectivity index (χ1n) is 9.50. The minimum Gasteiger partial charge on any atom is -0.506 e. The molecule has 1 heterocycles.